The van der Waals surface area contributed by atoms with Gasteiger partial charge in [0.2, 0.25) is 5.91 Å². The largest absolute Gasteiger partial charge is 0.324 e. The zero-order chi connectivity index (χ0) is 18.3. The third-order valence-corrected chi connectivity index (χ3v) is 4.79. The van der Waals surface area contributed by atoms with Crippen molar-refractivity contribution in [1.82, 2.24) is 10.2 Å². The van der Waals surface area contributed by atoms with Crippen LogP contribution in [0, 0.1) is 0 Å². The molecule has 0 spiro atoms. The maximum atomic E-state index is 13.0. The van der Waals surface area contributed by atoms with Crippen LogP contribution in [0.15, 0.2) is 42.5 Å². The Labute approximate surface area is 149 Å². The number of amides is 2. The van der Waals surface area contributed by atoms with Crippen LogP contribution in [0.25, 0.3) is 11.1 Å². The SMILES string of the molecule is O=C1Nc2ccc(-c3cccc(C(F)F)c3)cc2C(=O)N2CCNCC12. The van der Waals surface area contributed by atoms with Crippen molar-refractivity contribution in [3.8, 4) is 11.1 Å². The molecule has 1 atom stereocenters. The number of piperazine rings is 1. The molecular formula is C19H17F2N3O2. The van der Waals surface area contributed by atoms with E-state index in [9.17, 15) is 18.4 Å². The number of benzene rings is 2. The second kappa shape index (κ2) is 6.49. The lowest BCUT2D eigenvalue weighted by Gasteiger charge is -2.33. The fourth-order valence-corrected chi connectivity index (χ4v) is 3.42. The number of fused-ring (bicyclic) bond motifs is 2. The maximum absolute atomic E-state index is 13.0. The molecule has 0 saturated carbocycles. The summed E-state index contributed by atoms with van der Waals surface area (Å²) in [7, 11) is 0. The second-order valence-corrected chi connectivity index (χ2v) is 6.39. The molecule has 2 aliphatic heterocycles. The summed E-state index contributed by atoms with van der Waals surface area (Å²) in [5, 5.41) is 5.92. The van der Waals surface area contributed by atoms with E-state index in [1.165, 1.54) is 12.1 Å². The van der Waals surface area contributed by atoms with Crippen molar-refractivity contribution < 1.29 is 18.4 Å². The van der Waals surface area contributed by atoms with Gasteiger partial charge in [-0.15, -0.1) is 0 Å². The van der Waals surface area contributed by atoms with Crippen LogP contribution in [0.4, 0.5) is 14.5 Å². The van der Waals surface area contributed by atoms with E-state index in [4.69, 9.17) is 0 Å². The van der Waals surface area contributed by atoms with E-state index in [1.54, 1.807) is 35.2 Å². The fraction of sp³-hybridized carbons (Fsp3) is 0.263. The summed E-state index contributed by atoms with van der Waals surface area (Å²) >= 11 is 0. The normalized spacial score (nSPS) is 19.7. The first-order chi connectivity index (χ1) is 12.5. The highest BCUT2D eigenvalue weighted by molar-refractivity contribution is 6.10. The highest BCUT2D eigenvalue weighted by Crippen LogP contribution is 2.31. The molecular weight excluding hydrogens is 340 g/mol. The number of hydrogen-bond donors (Lipinski definition) is 2. The van der Waals surface area contributed by atoms with Crippen LogP contribution < -0.4 is 10.6 Å². The number of alkyl halides is 2. The minimum Gasteiger partial charge on any atom is -0.324 e. The van der Waals surface area contributed by atoms with Crippen molar-refractivity contribution in [2.24, 2.45) is 0 Å². The van der Waals surface area contributed by atoms with Gasteiger partial charge in [-0.2, -0.15) is 0 Å². The zero-order valence-corrected chi connectivity index (χ0v) is 13.8. The Kier molecular flexibility index (Phi) is 4.16. The molecule has 2 aromatic carbocycles. The lowest BCUT2D eigenvalue weighted by Crippen LogP contribution is -2.57. The van der Waals surface area contributed by atoms with E-state index >= 15 is 0 Å². The van der Waals surface area contributed by atoms with Crippen molar-refractivity contribution in [3.63, 3.8) is 0 Å². The molecule has 26 heavy (non-hydrogen) atoms. The third kappa shape index (κ3) is 2.84. The molecule has 2 aliphatic rings. The molecule has 2 amide bonds. The molecule has 0 aromatic heterocycles. The molecule has 134 valence electrons. The average Bonchev–Trinajstić information content (AvgIpc) is 2.77. The second-order valence-electron chi connectivity index (χ2n) is 6.39. The van der Waals surface area contributed by atoms with Gasteiger partial charge in [0.25, 0.3) is 12.3 Å². The van der Waals surface area contributed by atoms with Crippen molar-refractivity contribution >= 4 is 17.5 Å². The van der Waals surface area contributed by atoms with Crippen molar-refractivity contribution in [1.29, 1.82) is 0 Å². The van der Waals surface area contributed by atoms with E-state index in [2.05, 4.69) is 10.6 Å². The van der Waals surface area contributed by atoms with Gasteiger partial charge in [-0.25, -0.2) is 8.78 Å². The summed E-state index contributed by atoms with van der Waals surface area (Å²) in [5.74, 6) is -0.450. The molecule has 2 aromatic rings. The van der Waals surface area contributed by atoms with Gasteiger partial charge in [-0.05, 0) is 29.3 Å². The number of nitrogens with zero attached hydrogens (tertiary/aromatic N) is 1. The fourth-order valence-electron chi connectivity index (χ4n) is 3.42. The summed E-state index contributed by atoms with van der Waals surface area (Å²) in [6, 6.07) is 10.6. The number of carbonyl (C=O) groups is 2. The highest BCUT2D eigenvalue weighted by Gasteiger charge is 2.36. The smallest absolute Gasteiger partial charge is 0.263 e. The molecule has 0 bridgehead atoms. The number of hydrogen-bond acceptors (Lipinski definition) is 3. The summed E-state index contributed by atoms with van der Waals surface area (Å²) in [5.41, 5.74) is 2.01. The first-order valence-electron chi connectivity index (χ1n) is 8.39. The van der Waals surface area contributed by atoms with Crippen LogP contribution in [0.3, 0.4) is 0 Å². The number of carbonyl (C=O) groups excluding carboxylic acids is 2. The molecule has 0 radical (unpaired) electrons. The highest BCUT2D eigenvalue weighted by atomic mass is 19.3. The number of halogens is 2. The van der Waals surface area contributed by atoms with Crippen LogP contribution >= 0.6 is 0 Å². The first-order valence-corrected chi connectivity index (χ1v) is 8.39. The first kappa shape index (κ1) is 16.7. The van der Waals surface area contributed by atoms with Gasteiger partial charge in [0.1, 0.15) is 6.04 Å². The Morgan fingerprint density at radius 1 is 1.08 bits per heavy atom. The van der Waals surface area contributed by atoms with E-state index in [-0.39, 0.29) is 17.4 Å². The average molecular weight is 357 g/mol. The lowest BCUT2D eigenvalue weighted by molar-refractivity contribution is -0.120. The monoisotopic (exact) mass is 357 g/mol. The molecule has 1 unspecified atom stereocenters. The van der Waals surface area contributed by atoms with Gasteiger partial charge in [0.15, 0.2) is 0 Å². The molecule has 7 heteroatoms. The van der Waals surface area contributed by atoms with Gasteiger partial charge in [0.05, 0.1) is 11.3 Å². The molecule has 2 N–H and O–H groups in total. The molecule has 4 rings (SSSR count). The van der Waals surface area contributed by atoms with Gasteiger partial charge < -0.3 is 15.5 Å². The zero-order valence-electron chi connectivity index (χ0n) is 13.8. The predicted molar refractivity (Wildman–Crippen MR) is 93.2 cm³/mol. The van der Waals surface area contributed by atoms with Crippen LogP contribution in [-0.4, -0.2) is 42.4 Å². The van der Waals surface area contributed by atoms with E-state index < -0.39 is 12.5 Å². The third-order valence-electron chi connectivity index (χ3n) is 4.79. The Morgan fingerprint density at radius 2 is 1.88 bits per heavy atom. The summed E-state index contributed by atoms with van der Waals surface area (Å²) in [4.78, 5) is 26.9. The Bertz CT molecular complexity index is 885. The number of anilines is 1. The van der Waals surface area contributed by atoms with Crippen molar-refractivity contribution in [2.45, 2.75) is 12.5 Å². The maximum Gasteiger partial charge on any atom is 0.263 e. The van der Waals surface area contributed by atoms with Crippen LogP contribution in [0.5, 0.6) is 0 Å². The Morgan fingerprint density at radius 3 is 2.69 bits per heavy atom. The molecule has 5 nitrogen and oxygen atoms in total. The summed E-state index contributed by atoms with van der Waals surface area (Å²) < 4.78 is 25.9. The van der Waals surface area contributed by atoms with Crippen molar-refractivity contribution in [2.75, 3.05) is 25.0 Å². The van der Waals surface area contributed by atoms with Gasteiger partial charge >= 0.3 is 0 Å². The topological polar surface area (TPSA) is 61.4 Å². The lowest BCUT2D eigenvalue weighted by atomic mass is 9.99. The minimum absolute atomic E-state index is 0.0701. The van der Waals surface area contributed by atoms with E-state index in [1.807, 2.05) is 0 Å². The van der Waals surface area contributed by atoms with Gasteiger partial charge in [-0.1, -0.05) is 24.3 Å². The number of rotatable bonds is 2. The van der Waals surface area contributed by atoms with Crippen LogP contribution in [0.2, 0.25) is 0 Å². The predicted octanol–water partition coefficient (Wildman–Crippen LogP) is 2.66. The Hall–Kier alpha value is -2.80. The molecule has 2 heterocycles. The van der Waals surface area contributed by atoms with Gasteiger partial charge in [-0.3, -0.25) is 9.59 Å². The minimum atomic E-state index is -2.56. The summed E-state index contributed by atoms with van der Waals surface area (Å²) in [6.45, 7) is 1.48. The van der Waals surface area contributed by atoms with Crippen molar-refractivity contribution in [3.05, 3.63) is 53.6 Å². The Balaban J connectivity index is 1.76. The molecule has 0 aliphatic carbocycles. The van der Waals surface area contributed by atoms with Gasteiger partial charge in [0, 0.05) is 25.2 Å². The quantitative estimate of drug-likeness (QED) is 0.869. The molecule has 1 saturated heterocycles. The van der Waals surface area contributed by atoms with E-state index in [0.29, 0.717) is 42.0 Å². The number of nitrogens with one attached hydrogen (secondary N) is 2. The summed E-state index contributed by atoms with van der Waals surface area (Å²) in [6.07, 6.45) is -2.56. The van der Waals surface area contributed by atoms with Crippen LogP contribution in [0.1, 0.15) is 22.3 Å². The van der Waals surface area contributed by atoms with E-state index in [0.717, 1.165) is 0 Å². The van der Waals surface area contributed by atoms with Crippen LogP contribution in [-0.2, 0) is 4.79 Å². The molecule has 1 fully saturated rings. The standard InChI is InChI=1S/C19H17F2N3O2/c20-17(21)13-3-1-2-11(8-13)12-4-5-15-14(9-12)19(26)24-7-6-22-10-16(24)18(25)23-15/h1-5,8-9,16-17,22H,6-7,10H2,(H,23,25).